The van der Waals surface area contributed by atoms with Crippen LogP contribution in [0.3, 0.4) is 0 Å². The second-order valence-corrected chi connectivity index (χ2v) is 2.70. The van der Waals surface area contributed by atoms with Gasteiger partial charge in [0, 0.05) is 13.6 Å². The predicted molar refractivity (Wildman–Crippen MR) is 39.7 cm³/mol. The average Bonchev–Trinajstić information content (AvgIpc) is 1.92. The van der Waals surface area contributed by atoms with Gasteiger partial charge in [-0.05, 0) is 19.4 Å². The lowest BCUT2D eigenvalue weighted by Crippen LogP contribution is -2.38. The minimum Gasteiger partial charge on any atom is -0.345 e. The van der Waals surface area contributed by atoms with Gasteiger partial charge in [-0.1, -0.05) is 0 Å². The highest BCUT2D eigenvalue weighted by atomic mass is 16.2. The zero-order valence-electron chi connectivity index (χ0n) is 6.39. The predicted octanol–water partition coefficient (Wildman–Crippen LogP) is -0.172. The van der Waals surface area contributed by atoms with E-state index in [4.69, 9.17) is 0 Å². The molecule has 0 spiro atoms. The summed E-state index contributed by atoms with van der Waals surface area (Å²) in [4.78, 5) is 12.8. The maximum Gasteiger partial charge on any atom is 0.236 e. The fraction of sp³-hybridized carbons (Fsp3) is 0.857. The Hall–Kier alpha value is -0.570. The number of amides is 1. The van der Waals surface area contributed by atoms with E-state index in [0.717, 1.165) is 19.5 Å². The summed E-state index contributed by atoms with van der Waals surface area (Å²) in [5.74, 6) is 0.208. The van der Waals surface area contributed by atoms with Gasteiger partial charge in [0.25, 0.3) is 0 Å². The van der Waals surface area contributed by atoms with Gasteiger partial charge >= 0.3 is 0 Å². The Morgan fingerprint density at radius 1 is 1.50 bits per heavy atom. The molecule has 1 amide bonds. The third-order valence-corrected chi connectivity index (χ3v) is 1.80. The first-order chi connectivity index (χ1) is 4.80. The largest absolute Gasteiger partial charge is 0.345 e. The van der Waals surface area contributed by atoms with E-state index in [1.165, 1.54) is 6.42 Å². The molecule has 1 aliphatic heterocycles. The molecule has 1 aliphatic rings. The van der Waals surface area contributed by atoms with Crippen LogP contribution in [0.15, 0.2) is 0 Å². The van der Waals surface area contributed by atoms with Gasteiger partial charge in [0.05, 0.1) is 6.54 Å². The minimum atomic E-state index is 0.208. The van der Waals surface area contributed by atoms with Gasteiger partial charge in [-0.3, -0.25) is 4.79 Å². The summed E-state index contributed by atoms with van der Waals surface area (Å²) in [6.45, 7) is 2.41. The van der Waals surface area contributed by atoms with Gasteiger partial charge in [-0.2, -0.15) is 0 Å². The number of hydrogen-bond acceptors (Lipinski definition) is 2. The molecule has 1 N–H and O–H groups in total. The maximum atomic E-state index is 11.0. The first-order valence-electron chi connectivity index (χ1n) is 3.75. The Bertz CT molecular complexity index is 125. The van der Waals surface area contributed by atoms with E-state index >= 15 is 0 Å². The molecule has 0 aromatic heterocycles. The monoisotopic (exact) mass is 142 g/mol. The van der Waals surface area contributed by atoms with Crippen molar-refractivity contribution in [2.75, 3.05) is 26.7 Å². The molecule has 0 unspecified atom stereocenters. The summed E-state index contributed by atoms with van der Waals surface area (Å²) in [6.07, 6.45) is 2.30. The van der Waals surface area contributed by atoms with Crippen molar-refractivity contribution < 1.29 is 4.79 Å². The van der Waals surface area contributed by atoms with Gasteiger partial charge in [0.1, 0.15) is 0 Å². The molecule has 0 radical (unpaired) electrons. The van der Waals surface area contributed by atoms with E-state index in [-0.39, 0.29) is 5.91 Å². The van der Waals surface area contributed by atoms with Crippen LogP contribution in [0.1, 0.15) is 12.8 Å². The highest BCUT2D eigenvalue weighted by Crippen LogP contribution is 1.95. The molecule has 0 aliphatic carbocycles. The Balaban J connectivity index is 2.35. The molecule has 1 heterocycles. The standard InChI is InChI=1S/C7H14N2O/c1-9-5-3-2-4-8-6-7(9)10/h8H,2-6H2,1H3. The summed E-state index contributed by atoms with van der Waals surface area (Å²) in [5, 5.41) is 3.08. The van der Waals surface area contributed by atoms with Crippen molar-refractivity contribution in [2.45, 2.75) is 12.8 Å². The highest BCUT2D eigenvalue weighted by molar-refractivity contribution is 5.77. The normalized spacial score (nSPS) is 22.1. The molecule has 0 bridgehead atoms. The molecule has 0 aromatic rings. The van der Waals surface area contributed by atoms with E-state index in [9.17, 15) is 4.79 Å². The lowest BCUT2D eigenvalue weighted by Gasteiger charge is -2.20. The average molecular weight is 142 g/mol. The van der Waals surface area contributed by atoms with Gasteiger partial charge in [0.2, 0.25) is 5.91 Å². The lowest BCUT2D eigenvalue weighted by atomic mass is 10.2. The molecule has 1 fully saturated rings. The Morgan fingerprint density at radius 2 is 2.30 bits per heavy atom. The van der Waals surface area contributed by atoms with E-state index in [1.807, 2.05) is 7.05 Å². The van der Waals surface area contributed by atoms with Crippen molar-refractivity contribution in [1.29, 1.82) is 0 Å². The molecule has 0 saturated carbocycles. The van der Waals surface area contributed by atoms with Crippen LogP contribution in [-0.4, -0.2) is 37.5 Å². The van der Waals surface area contributed by atoms with Crippen molar-refractivity contribution in [1.82, 2.24) is 10.2 Å². The van der Waals surface area contributed by atoms with Crippen LogP contribution in [0.2, 0.25) is 0 Å². The van der Waals surface area contributed by atoms with Crippen LogP contribution in [0, 0.1) is 0 Å². The summed E-state index contributed by atoms with van der Waals surface area (Å²) >= 11 is 0. The van der Waals surface area contributed by atoms with Crippen molar-refractivity contribution in [3.05, 3.63) is 0 Å². The zero-order chi connectivity index (χ0) is 7.40. The molecule has 58 valence electrons. The molecule has 0 atom stereocenters. The quantitative estimate of drug-likeness (QED) is 0.509. The number of carbonyl (C=O) groups excluding carboxylic acids is 1. The maximum absolute atomic E-state index is 11.0. The van der Waals surface area contributed by atoms with Gasteiger partial charge in [0.15, 0.2) is 0 Å². The third-order valence-electron chi connectivity index (χ3n) is 1.80. The first-order valence-corrected chi connectivity index (χ1v) is 3.75. The summed E-state index contributed by atoms with van der Waals surface area (Å²) in [5.41, 5.74) is 0. The third kappa shape index (κ3) is 1.99. The SMILES string of the molecule is CN1CCCCNCC1=O. The van der Waals surface area contributed by atoms with Crippen LogP contribution < -0.4 is 5.32 Å². The van der Waals surface area contributed by atoms with Crippen molar-refractivity contribution in [3.63, 3.8) is 0 Å². The van der Waals surface area contributed by atoms with Crippen LogP contribution >= 0.6 is 0 Å². The number of nitrogens with one attached hydrogen (secondary N) is 1. The van der Waals surface area contributed by atoms with Crippen molar-refractivity contribution >= 4 is 5.91 Å². The molecule has 1 rings (SSSR count). The molecule has 0 aromatic carbocycles. The second kappa shape index (κ2) is 3.56. The Labute approximate surface area is 61.4 Å². The molecule has 10 heavy (non-hydrogen) atoms. The number of carbonyl (C=O) groups is 1. The molecular weight excluding hydrogens is 128 g/mol. The van der Waals surface area contributed by atoms with Crippen molar-refractivity contribution in [2.24, 2.45) is 0 Å². The number of nitrogens with zero attached hydrogens (tertiary/aromatic N) is 1. The van der Waals surface area contributed by atoms with Crippen LogP contribution in [-0.2, 0) is 4.79 Å². The van der Waals surface area contributed by atoms with Gasteiger partial charge < -0.3 is 10.2 Å². The number of rotatable bonds is 0. The molecule has 3 nitrogen and oxygen atoms in total. The van der Waals surface area contributed by atoms with Gasteiger partial charge in [-0.15, -0.1) is 0 Å². The minimum absolute atomic E-state index is 0.208. The van der Waals surface area contributed by atoms with Crippen LogP contribution in [0.5, 0.6) is 0 Å². The summed E-state index contributed by atoms with van der Waals surface area (Å²) in [7, 11) is 1.86. The van der Waals surface area contributed by atoms with Gasteiger partial charge in [-0.25, -0.2) is 0 Å². The van der Waals surface area contributed by atoms with E-state index in [2.05, 4.69) is 5.32 Å². The Kier molecular flexibility index (Phi) is 2.68. The first kappa shape index (κ1) is 7.54. The molecule has 3 heteroatoms. The fourth-order valence-electron chi connectivity index (χ4n) is 1.05. The number of likely N-dealkylation sites (N-methyl/N-ethyl adjacent to an activating group) is 1. The lowest BCUT2D eigenvalue weighted by molar-refractivity contribution is -0.129. The molecule has 1 saturated heterocycles. The van der Waals surface area contributed by atoms with Crippen molar-refractivity contribution in [3.8, 4) is 0 Å². The van der Waals surface area contributed by atoms with Crippen LogP contribution in [0.25, 0.3) is 0 Å². The smallest absolute Gasteiger partial charge is 0.236 e. The highest BCUT2D eigenvalue weighted by Gasteiger charge is 2.09. The molecular formula is C7H14N2O. The topological polar surface area (TPSA) is 32.3 Å². The fourth-order valence-corrected chi connectivity index (χ4v) is 1.05. The van der Waals surface area contributed by atoms with E-state index in [1.54, 1.807) is 4.90 Å². The number of hydrogen-bond donors (Lipinski definition) is 1. The zero-order valence-corrected chi connectivity index (χ0v) is 6.39. The van der Waals surface area contributed by atoms with E-state index < -0.39 is 0 Å². The van der Waals surface area contributed by atoms with Crippen LogP contribution in [0.4, 0.5) is 0 Å². The summed E-state index contributed by atoms with van der Waals surface area (Å²) < 4.78 is 0. The summed E-state index contributed by atoms with van der Waals surface area (Å²) in [6, 6.07) is 0. The Morgan fingerprint density at radius 3 is 3.10 bits per heavy atom. The van der Waals surface area contributed by atoms with E-state index in [0.29, 0.717) is 6.54 Å². The second-order valence-electron chi connectivity index (χ2n) is 2.70.